The molecule has 0 saturated carbocycles. The van der Waals surface area contributed by atoms with E-state index in [1.54, 1.807) is 11.3 Å². The average Bonchev–Trinajstić information content (AvgIpc) is 3.28. The highest BCUT2D eigenvalue weighted by Gasteiger charge is 2.13. The molecule has 2 N–H and O–H groups in total. The number of aromatic amines is 1. The molecule has 0 aliphatic rings. The molecule has 2 heterocycles. The van der Waals surface area contributed by atoms with Gasteiger partial charge in [-0.05, 0) is 34.7 Å². The Hall–Kier alpha value is -2.66. The summed E-state index contributed by atoms with van der Waals surface area (Å²) in [5, 5.41) is 6.40. The van der Waals surface area contributed by atoms with Crippen molar-refractivity contribution < 1.29 is 0 Å². The van der Waals surface area contributed by atoms with Crippen LogP contribution in [0.15, 0.2) is 54.0 Å². The smallest absolute Gasteiger partial charge is 0.201 e. The van der Waals surface area contributed by atoms with Gasteiger partial charge in [-0.1, -0.05) is 45.0 Å². The number of aromatic nitrogens is 3. The molecule has 0 fully saturated rings. The van der Waals surface area contributed by atoms with Gasteiger partial charge in [-0.3, -0.25) is 0 Å². The zero-order valence-corrected chi connectivity index (χ0v) is 16.0. The second-order valence-corrected chi connectivity index (χ2v) is 8.35. The lowest BCUT2D eigenvalue weighted by Crippen LogP contribution is -2.11. The summed E-state index contributed by atoms with van der Waals surface area (Å²) in [6.45, 7) is 7.43. The fourth-order valence-electron chi connectivity index (χ4n) is 2.90. The van der Waals surface area contributed by atoms with Crippen LogP contribution in [0.4, 0.5) is 5.95 Å². The van der Waals surface area contributed by atoms with E-state index in [2.05, 4.69) is 77.4 Å². The number of rotatable bonds is 4. The lowest BCUT2D eigenvalue weighted by atomic mass is 9.87. The van der Waals surface area contributed by atoms with Gasteiger partial charge in [-0.15, -0.1) is 11.3 Å². The molecule has 0 spiro atoms. The summed E-state index contributed by atoms with van der Waals surface area (Å²) in [6, 6.07) is 15.0. The molecule has 0 unspecified atom stereocenters. The van der Waals surface area contributed by atoms with Crippen molar-refractivity contribution in [2.24, 2.45) is 0 Å². The van der Waals surface area contributed by atoms with E-state index in [9.17, 15) is 0 Å². The number of fused-ring (bicyclic) bond motifs is 1. The van der Waals surface area contributed by atoms with Crippen LogP contribution in [-0.4, -0.2) is 15.0 Å². The van der Waals surface area contributed by atoms with Gasteiger partial charge in [0.15, 0.2) is 0 Å². The molecule has 0 aliphatic carbocycles. The summed E-state index contributed by atoms with van der Waals surface area (Å²) >= 11 is 1.64. The number of hydrogen-bond donors (Lipinski definition) is 2. The second kappa shape index (κ2) is 6.57. The molecular weight excluding hydrogens is 340 g/mol. The van der Waals surface area contributed by atoms with Gasteiger partial charge in [-0.25, -0.2) is 9.97 Å². The zero-order chi connectivity index (χ0) is 18.1. The van der Waals surface area contributed by atoms with Crippen molar-refractivity contribution in [3.8, 4) is 10.6 Å². The Bertz CT molecular complexity index is 1010. The lowest BCUT2D eigenvalue weighted by Gasteiger charge is -2.19. The van der Waals surface area contributed by atoms with E-state index in [0.717, 1.165) is 34.1 Å². The number of nitrogens with one attached hydrogen (secondary N) is 2. The molecule has 4 aromatic rings. The minimum atomic E-state index is 0.180. The van der Waals surface area contributed by atoms with Crippen LogP contribution in [-0.2, 0) is 12.0 Å². The van der Waals surface area contributed by atoms with E-state index < -0.39 is 0 Å². The number of benzene rings is 2. The van der Waals surface area contributed by atoms with E-state index in [-0.39, 0.29) is 5.41 Å². The molecule has 2 aromatic heterocycles. The maximum absolute atomic E-state index is 4.62. The summed E-state index contributed by atoms with van der Waals surface area (Å²) in [5.41, 5.74) is 5.85. The monoisotopic (exact) mass is 362 g/mol. The SMILES string of the molecule is CC(C)(C)c1ccc(CNc2nc3ccc(-c4nccs4)cc3[nH]2)cc1. The standard InChI is InChI=1S/C21H22N4S/c1-21(2,3)16-7-4-14(5-8-16)13-23-20-24-17-9-6-15(12-18(17)25-20)19-22-10-11-26-19/h4-12H,13H2,1-3H3,(H2,23,24,25). The number of anilines is 1. The minimum absolute atomic E-state index is 0.180. The first-order chi connectivity index (χ1) is 12.5. The normalized spacial score (nSPS) is 11.8. The zero-order valence-electron chi connectivity index (χ0n) is 15.2. The molecule has 4 nitrogen and oxygen atoms in total. The number of hydrogen-bond acceptors (Lipinski definition) is 4. The first-order valence-electron chi connectivity index (χ1n) is 8.72. The van der Waals surface area contributed by atoms with Crippen LogP contribution in [0.2, 0.25) is 0 Å². The maximum Gasteiger partial charge on any atom is 0.201 e. The molecule has 0 aliphatic heterocycles. The molecule has 26 heavy (non-hydrogen) atoms. The van der Waals surface area contributed by atoms with Crippen molar-refractivity contribution in [2.75, 3.05) is 5.32 Å². The highest BCUT2D eigenvalue weighted by atomic mass is 32.1. The summed E-state index contributed by atoms with van der Waals surface area (Å²) in [7, 11) is 0. The summed E-state index contributed by atoms with van der Waals surface area (Å²) < 4.78 is 0. The lowest BCUT2D eigenvalue weighted by molar-refractivity contribution is 0.590. The molecule has 0 saturated heterocycles. The van der Waals surface area contributed by atoms with Gasteiger partial charge in [0.25, 0.3) is 0 Å². The predicted molar refractivity (Wildman–Crippen MR) is 110 cm³/mol. The third kappa shape index (κ3) is 3.48. The molecule has 5 heteroatoms. The van der Waals surface area contributed by atoms with E-state index in [0.29, 0.717) is 0 Å². The Labute approximate surface area is 157 Å². The van der Waals surface area contributed by atoms with Gasteiger partial charge in [0.1, 0.15) is 5.01 Å². The molecule has 0 atom stereocenters. The molecule has 0 amide bonds. The van der Waals surface area contributed by atoms with Crippen molar-refractivity contribution in [1.82, 2.24) is 15.0 Å². The average molecular weight is 363 g/mol. The summed E-state index contributed by atoms with van der Waals surface area (Å²) in [4.78, 5) is 12.4. The van der Waals surface area contributed by atoms with Crippen molar-refractivity contribution in [2.45, 2.75) is 32.7 Å². The third-order valence-electron chi connectivity index (χ3n) is 4.44. The Balaban J connectivity index is 1.49. The number of H-pyrrole nitrogens is 1. The fraction of sp³-hybridized carbons (Fsp3) is 0.238. The van der Waals surface area contributed by atoms with Crippen LogP contribution in [0.5, 0.6) is 0 Å². The Kier molecular flexibility index (Phi) is 4.24. The van der Waals surface area contributed by atoms with Crippen molar-refractivity contribution in [3.63, 3.8) is 0 Å². The van der Waals surface area contributed by atoms with Crippen LogP contribution in [0.3, 0.4) is 0 Å². The van der Waals surface area contributed by atoms with Crippen LogP contribution in [0.1, 0.15) is 31.9 Å². The predicted octanol–water partition coefficient (Wildman–Crippen LogP) is 5.60. The molecule has 0 bridgehead atoms. The highest BCUT2D eigenvalue weighted by Crippen LogP contribution is 2.26. The fourth-order valence-corrected chi connectivity index (χ4v) is 3.54. The Morgan fingerprint density at radius 2 is 1.88 bits per heavy atom. The number of thiazole rings is 1. The van der Waals surface area contributed by atoms with Crippen molar-refractivity contribution >= 4 is 28.3 Å². The van der Waals surface area contributed by atoms with E-state index in [1.165, 1.54) is 11.1 Å². The van der Waals surface area contributed by atoms with E-state index in [1.807, 2.05) is 17.6 Å². The van der Waals surface area contributed by atoms with Crippen molar-refractivity contribution in [3.05, 3.63) is 65.2 Å². The van der Waals surface area contributed by atoms with Gasteiger partial charge >= 0.3 is 0 Å². The Morgan fingerprint density at radius 3 is 2.58 bits per heavy atom. The second-order valence-electron chi connectivity index (χ2n) is 7.46. The summed E-state index contributed by atoms with van der Waals surface area (Å²) in [6.07, 6.45) is 1.83. The topological polar surface area (TPSA) is 53.6 Å². The van der Waals surface area contributed by atoms with Crippen molar-refractivity contribution in [1.29, 1.82) is 0 Å². The van der Waals surface area contributed by atoms with E-state index in [4.69, 9.17) is 0 Å². The third-order valence-corrected chi connectivity index (χ3v) is 5.26. The maximum atomic E-state index is 4.62. The van der Waals surface area contributed by atoms with Gasteiger partial charge < -0.3 is 10.3 Å². The number of nitrogens with zero attached hydrogens (tertiary/aromatic N) is 2. The molecule has 2 aromatic carbocycles. The van der Waals surface area contributed by atoms with Gasteiger partial charge in [-0.2, -0.15) is 0 Å². The first kappa shape index (κ1) is 16.8. The molecule has 4 rings (SSSR count). The van der Waals surface area contributed by atoms with Crippen LogP contribution >= 0.6 is 11.3 Å². The highest BCUT2D eigenvalue weighted by molar-refractivity contribution is 7.13. The molecule has 0 radical (unpaired) electrons. The van der Waals surface area contributed by atoms with Gasteiger partial charge in [0.05, 0.1) is 11.0 Å². The first-order valence-corrected chi connectivity index (χ1v) is 9.60. The van der Waals surface area contributed by atoms with Crippen LogP contribution in [0, 0.1) is 0 Å². The molecule has 132 valence electrons. The molecular formula is C21H22N4S. The Morgan fingerprint density at radius 1 is 1.08 bits per heavy atom. The number of imidazole rings is 1. The van der Waals surface area contributed by atoms with Crippen LogP contribution in [0.25, 0.3) is 21.6 Å². The van der Waals surface area contributed by atoms with Gasteiger partial charge in [0.2, 0.25) is 5.95 Å². The quantitative estimate of drug-likeness (QED) is 0.497. The van der Waals surface area contributed by atoms with E-state index >= 15 is 0 Å². The summed E-state index contributed by atoms with van der Waals surface area (Å²) in [5.74, 6) is 0.788. The largest absolute Gasteiger partial charge is 0.352 e. The van der Waals surface area contributed by atoms with Crippen LogP contribution < -0.4 is 5.32 Å². The van der Waals surface area contributed by atoms with Gasteiger partial charge in [0, 0.05) is 23.7 Å². The minimum Gasteiger partial charge on any atom is -0.352 e.